The molecule has 0 saturated heterocycles. The van der Waals surface area contributed by atoms with Gasteiger partial charge in [-0.3, -0.25) is 0 Å². The van der Waals surface area contributed by atoms with Crippen LogP contribution in [0.1, 0.15) is 5.76 Å². The molecule has 20 heavy (non-hydrogen) atoms. The largest absolute Gasteiger partial charge is 0.467 e. The average Bonchev–Trinajstić information content (AvgIpc) is 2.97. The average molecular weight is 268 g/mol. The Hall–Kier alpha value is -2.56. The van der Waals surface area contributed by atoms with E-state index in [4.69, 9.17) is 4.42 Å². The van der Waals surface area contributed by atoms with Gasteiger partial charge in [0.1, 0.15) is 11.6 Å². The van der Waals surface area contributed by atoms with Crippen molar-refractivity contribution in [2.45, 2.75) is 6.54 Å². The van der Waals surface area contributed by atoms with Crippen molar-refractivity contribution in [1.82, 2.24) is 9.97 Å². The van der Waals surface area contributed by atoms with Crippen LogP contribution in [-0.2, 0) is 6.54 Å². The third-order valence-corrected chi connectivity index (χ3v) is 3.00. The lowest BCUT2D eigenvalue weighted by atomic mass is 10.2. The second-order valence-electron chi connectivity index (χ2n) is 4.72. The van der Waals surface area contributed by atoms with E-state index >= 15 is 0 Å². The molecule has 1 N–H and O–H groups in total. The van der Waals surface area contributed by atoms with Crippen molar-refractivity contribution in [3.05, 3.63) is 48.4 Å². The minimum Gasteiger partial charge on any atom is -0.467 e. The van der Waals surface area contributed by atoms with Gasteiger partial charge in [-0.2, -0.15) is 4.98 Å². The van der Waals surface area contributed by atoms with Crippen molar-refractivity contribution in [3.63, 3.8) is 0 Å². The molecule has 0 fully saturated rings. The Morgan fingerprint density at radius 1 is 1.10 bits per heavy atom. The zero-order chi connectivity index (χ0) is 13.9. The molecule has 5 nitrogen and oxygen atoms in total. The molecule has 0 unspecified atom stereocenters. The first-order valence-corrected chi connectivity index (χ1v) is 6.44. The fourth-order valence-electron chi connectivity index (χ4n) is 1.98. The summed E-state index contributed by atoms with van der Waals surface area (Å²) >= 11 is 0. The maximum absolute atomic E-state index is 5.33. The van der Waals surface area contributed by atoms with Crippen LogP contribution in [0.15, 0.2) is 47.1 Å². The Balaban J connectivity index is 1.98. The standard InChI is InChI=1S/C15H16N4O/c1-19(2)15-17-13-8-4-3-7-12(13)14(18-15)16-10-11-6-5-9-20-11/h3-9H,10H2,1-2H3,(H,16,17,18). The third-order valence-electron chi connectivity index (χ3n) is 3.00. The van der Waals surface area contributed by atoms with Gasteiger partial charge in [0.15, 0.2) is 0 Å². The van der Waals surface area contributed by atoms with E-state index in [2.05, 4.69) is 15.3 Å². The van der Waals surface area contributed by atoms with Crippen molar-refractivity contribution >= 4 is 22.7 Å². The van der Waals surface area contributed by atoms with Crippen molar-refractivity contribution < 1.29 is 4.42 Å². The number of fused-ring (bicyclic) bond motifs is 1. The molecule has 2 aromatic heterocycles. The molecule has 0 radical (unpaired) electrons. The van der Waals surface area contributed by atoms with E-state index in [1.807, 2.05) is 55.4 Å². The number of nitrogens with one attached hydrogen (secondary N) is 1. The van der Waals surface area contributed by atoms with Crippen LogP contribution in [0.3, 0.4) is 0 Å². The maximum atomic E-state index is 5.33. The first-order chi connectivity index (χ1) is 9.74. The predicted octanol–water partition coefficient (Wildman–Crippen LogP) is 2.90. The highest BCUT2D eigenvalue weighted by atomic mass is 16.3. The van der Waals surface area contributed by atoms with E-state index in [1.165, 1.54) is 0 Å². The normalized spacial score (nSPS) is 10.7. The van der Waals surface area contributed by atoms with E-state index in [9.17, 15) is 0 Å². The first kappa shape index (κ1) is 12.5. The summed E-state index contributed by atoms with van der Waals surface area (Å²) in [6, 6.07) is 11.8. The second kappa shape index (κ2) is 5.21. The van der Waals surface area contributed by atoms with Gasteiger partial charge in [0.2, 0.25) is 5.95 Å². The van der Waals surface area contributed by atoms with Crippen LogP contribution >= 0.6 is 0 Å². The van der Waals surface area contributed by atoms with Gasteiger partial charge in [-0.15, -0.1) is 0 Å². The molecule has 0 saturated carbocycles. The fourth-order valence-corrected chi connectivity index (χ4v) is 1.98. The number of anilines is 2. The molecule has 0 aliphatic carbocycles. The number of aromatic nitrogens is 2. The van der Waals surface area contributed by atoms with Crippen LogP contribution in [0.5, 0.6) is 0 Å². The van der Waals surface area contributed by atoms with Gasteiger partial charge in [0.05, 0.1) is 18.3 Å². The van der Waals surface area contributed by atoms with Gasteiger partial charge in [0, 0.05) is 19.5 Å². The summed E-state index contributed by atoms with van der Waals surface area (Å²) in [5.74, 6) is 2.38. The number of hydrogen-bond acceptors (Lipinski definition) is 5. The van der Waals surface area contributed by atoms with E-state index in [-0.39, 0.29) is 0 Å². The van der Waals surface area contributed by atoms with Gasteiger partial charge < -0.3 is 14.6 Å². The lowest BCUT2D eigenvalue weighted by Crippen LogP contribution is -2.14. The number of furan rings is 1. The molecule has 2 heterocycles. The van der Waals surface area contributed by atoms with E-state index in [1.54, 1.807) is 6.26 Å². The summed E-state index contributed by atoms with van der Waals surface area (Å²) in [4.78, 5) is 11.0. The van der Waals surface area contributed by atoms with Crippen LogP contribution in [-0.4, -0.2) is 24.1 Å². The molecule has 0 aliphatic rings. The molecule has 3 aromatic rings. The van der Waals surface area contributed by atoms with Gasteiger partial charge in [-0.25, -0.2) is 4.98 Å². The Morgan fingerprint density at radius 3 is 2.70 bits per heavy atom. The second-order valence-corrected chi connectivity index (χ2v) is 4.72. The monoisotopic (exact) mass is 268 g/mol. The van der Waals surface area contributed by atoms with Crippen molar-refractivity contribution in [1.29, 1.82) is 0 Å². The Kier molecular flexibility index (Phi) is 3.25. The SMILES string of the molecule is CN(C)c1nc(NCc2ccco2)c2ccccc2n1. The highest BCUT2D eigenvalue weighted by Gasteiger charge is 2.08. The van der Waals surface area contributed by atoms with Gasteiger partial charge in [-0.05, 0) is 24.3 Å². The number of benzene rings is 1. The van der Waals surface area contributed by atoms with Crippen LogP contribution in [0.2, 0.25) is 0 Å². The predicted molar refractivity (Wildman–Crippen MR) is 79.9 cm³/mol. The smallest absolute Gasteiger partial charge is 0.227 e. The fraction of sp³-hybridized carbons (Fsp3) is 0.200. The van der Waals surface area contributed by atoms with Crippen LogP contribution in [0, 0.1) is 0 Å². The van der Waals surface area contributed by atoms with Crippen LogP contribution in [0.25, 0.3) is 10.9 Å². The van der Waals surface area contributed by atoms with E-state index < -0.39 is 0 Å². The molecule has 5 heteroatoms. The van der Waals surface area contributed by atoms with E-state index in [0.717, 1.165) is 22.5 Å². The van der Waals surface area contributed by atoms with Gasteiger partial charge >= 0.3 is 0 Å². The summed E-state index contributed by atoms with van der Waals surface area (Å²) in [5.41, 5.74) is 0.924. The molecule has 3 rings (SSSR count). The summed E-state index contributed by atoms with van der Waals surface area (Å²) in [6.07, 6.45) is 1.67. The zero-order valence-electron chi connectivity index (χ0n) is 11.5. The Labute approximate surface area is 117 Å². The molecule has 102 valence electrons. The molecular weight excluding hydrogens is 252 g/mol. The molecule has 1 aromatic carbocycles. The van der Waals surface area contributed by atoms with Gasteiger partial charge in [-0.1, -0.05) is 12.1 Å². The lowest BCUT2D eigenvalue weighted by Gasteiger charge is -2.14. The van der Waals surface area contributed by atoms with Gasteiger partial charge in [0.25, 0.3) is 0 Å². The van der Waals surface area contributed by atoms with Crippen molar-refractivity contribution in [2.24, 2.45) is 0 Å². The van der Waals surface area contributed by atoms with E-state index in [0.29, 0.717) is 12.5 Å². The third kappa shape index (κ3) is 2.42. The first-order valence-electron chi connectivity index (χ1n) is 6.44. The quantitative estimate of drug-likeness (QED) is 0.788. The molecule has 0 spiro atoms. The highest BCUT2D eigenvalue weighted by molar-refractivity contribution is 5.90. The number of rotatable bonds is 4. The minimum atomic E-state index is 0.598. The highest BCUT2D eigenvalue weighted by Crippen LogP contribution is 2.23. The summed E-state index contributed by atoms with van der Waals surface area (Å²) in [7, 11) is 3.86. The topological polar surface area (TPSA) is 54.2 Å². The van der Waals surface area contributed by atoms with Crippen molar-refractivity contribution in [2.75, 3.05) is 24.3 Å². The molecule has 0 aliphatic heterocycles. The minimum absolute atomic E-state index is 0.598. The maximum Gasteiger partial charge on any atom is 0.227 e. The molecule has 0 atom stereocenters. The Bertz CT molecular complexity index is 707. The van der Waals surface area contributed by atoms with Crippen molar-refractivity contribution in [3.8, 4) is 0 Å². The van der Waals surface area contributed by atoms with Crippen LogP contribution < -0.4 is 10.2 Å². The lowest BCUT2D eigenvalue weighted by molar-refractivity contribution is 0.518. The summed E-state index contributed by atoms with van der Waals surface area (Å²) in [6.45, 7) is 0.598. The number of nitrogens with zero attached hydrogens (tertiary/aromatic N) is 3. The molecule has 0 bridgehead atoms. The number of hydrogen-bond donors (Lipinski definition) is 1. The molecule has 0 amide bonds. The summed E-state index contributed by atoms with van der Waals surface area (Å²) in [5, 5.41) is 4.32. The Morgan fingerprint density at radius 2 is 1.95 bits per heavy atom. The number of para-hydroxylation sites is 1. The molecular formula is C15H16N4O. The van der Waals surface area contributed by atoms with Crippen LogP contribution in [0.4, 0.5) is 11.8 Å². The zero-order valence-corrected chi connectivity index (χ0v) is 11.5. The summed E-state index contributed by atoms with van der Waals surface area (Å²) < 4.78 is 5.33.